The molecule has 1 aromatic rings. The van der Waals surface area contributed by atoms with Gasteiger partial charge in [-0.15, -0.1) is 0 Å². The molecule has 2 radical (unpaired) electrons. The summed E-state index contributed by atoms with van der Waals surface area (Å²) in [5.41, 5.74) is 6.50. The van der Waals surface area contributed by atoms with Gasteiger partial charge in [0.15, 0.2) is 0 Å². The number of benzene rings is 1. The molecule has 3 heteroatoms. The zero-order valence-electron chi connectivity index (χ0n) is 4.76. The van der Waals surface area contributed by atoms with Gasteiger partial charge in [0.25, 0.3) is 0 Å². The third kappa shape index (κ3) is 1.39. The molecule has 0 aliphatic carbocycles. The Bertz CT molecular complexity index is 224. The molecule has 0 saturated carbocycles. The van der Waals surface area contributed by atoms with Crippen molar-refractivity contribution in [1.82, 2.24) is 0 Å². The predicted octanol–water partition coefficient (Wildman–Crippen LogP) is 0.716. The first kappa shape index (κ1) is 6.49. The third-order valence-electron chi connectivity index (χ3n) is 1.05. The monoisotopic (exact) mass is 137 g/mol. The summed E-state index contributed by atoms with van der Waals surface area (Å²) < 4.78 is 0. The van der Waals surface area contributed by atoms with Crippen molar-refractivity contribution in [3.63, 3.8) is 0 Å². The number of nitrogens with two attached hydrogens (primary N) is 1. The van der Waals surface area contributed by atoms with Gasteiger partial charge < -0.3 is 5.73 Å². The molecule has 0 aromatic heterocycles. The Labute approximate surface area is 60.2 Å². The van der Waals surface area contributed by atoms with Crippen LogP contribution in [0.3, 0.4) is 0 Å². The molecule has 0 unspecified atom stereocenters. The Hall–Kier alpha value is -0.625. The number of hydrogen-bond acceptors (Lipinski definition) is 1. The second kappa shape index (κ2) is 2.32. The summed E-state index contributed by atoms with van der Waals surface area (Å²) >= 11 is 5.58. The van der Waals surface area contributed by atoms with Crippen LogP contribution >= 0.6 is 11.6 Å². The van der Waals surface area contributed by atoms with Gasteiger partial charge in [-0.1, -0.05) is 17.1 Å². The van der Waals surface area contributed by atoms with Crippen LogP contribution in [0.25, 0.3) is 0 Å². The number of anilines is 1. The SMILES string of the molecule is [B]c1cc(Cl)ccc1N. The minimum absolute atomic E-state index is 0.530. The number of rotatable bonds is 0. The first-order chi connectivity index (χ1) is 4.20. The average Bonchev–Trinajstić information content (AvgIpc) is 1.80. The van der Waals surface area contributed by atoms with Crippen molar-refractivity contribution < 1.29 is 0 Å². The molecule has 0 bridgehead atoms. The molecular weight excluding hydrogens is 132 g/mol. The van der Waals surface area contributed by atoms with Gasteiger partial charge in [0.2, 0.25) is 0 Å². The maximum absolute atomic E-state index is 5.58. The Morgan fingerprint density at radius 2 is 2.11 bits per heavy atom. The van der Waals surface area contributed by atoms with Gasteiger partial charge in [-0.05, 0) is 18.2 Å². The summed E-state index contributed by atoms with van der Waals surface area (Å²) in [7, 11) is 5.41. The molecule has 0 aliphatic rings. The maximum Gasteiger partial charge on any atom is 0.116 e. The molecule has 1 aromatic carbocycles. The van der Waals surface area contributed by atoms with E-state index >= 15 is 0 Å². The molecular formula is C6H5BClN. The molecule has 0 heterocycles. The zero-order valence-corrected chi connectivity index (χ0v) is 5.52. The minimum Gasteiger partial charge on any atom is -0.399 e. The molecule has 0 amide bonds. The molecule has 44 valence electrons. The van der Waals surface area contributed by atoms with E-state index in [1.165, 1.54) is 0 Å². The van der Waals surface area contributed by atoms with Crippen molar-refractivity contribution in [1.29, 1.82) is 0 Å². The van der Waals surface area contributed by atoms with E-state index in [9.17, 15) is 0 Å². The second-order valence-electron chi connectivity index (χ2n) is 1.77. The zero-order chi connectivity index (χ0) is 6.85. The fourth-order valence-electron chi connectivity index (χ4n) is 0.546. The normalized spacial score (nSPS) is 9.44. The molecule has 1 rings (SSSR count). The lowest BCUT2D eigenvalue weighted by molar-refractivity contribution is 1.74. The van der Waals surface area contributed by atoms with Gasteiger partial charge >= 0.3 is 0 Å². The molecule has 0 aliphatic heterocycles. The summed E-state index contributed by atoms with van der Waals surface area (Å²) in [6.07, 6.45) is 0. The van der Waals surface area contributed by atoms with E-state index in [4.69, 9.17) is 25.2 Å². The van der Waals surface area contributed by atoms with E-state index in [2.05, 4.69) is 0 Å². The molecule has 1 nitrogen and oxygen atoms in total. The second-order valence-corrected chi connectivity index (χ2v) is 2.21. The van der Waals surface area contributed by atoms with Crippen molar-refractivity contribution >= 4 is 30.6 Å². The lowest BCUT2D eigenvalue weighted by Crippen LogP contribution is -2.08. The summed E-state index contributed by atoms with van der Waals surface area (Å²) in [6.45, 7) is 0. The number of nitrogen functional groups attached to an aromatic ring is 1. The lowest BCUT2D eigenvalue weighted by atomic mass is 9.95. The van der Waals surface area contributed by atoms with Gasteiger partial charge in [0.05, 0.1) is 0 Å². The molecule has 0 fully saturated rings. The quantitative estimate of drug-likeness (QED) is 0.414. The van der Waals surface area contributed by atoms with Gasteiger partial charge in [-0.2, -0.15) is 0 Å². The molecule has 0 saturated heterocycles. The van der Waals surface area contributed by atoms with E-state index < -0.39 is 0 Å². The molecule has 0 spiro atoms. The predicted molar refractivity (Wildman–Crippen MR) is 41.3 cm³/mol. The Morgan fingerprint density at radius 3 is 2.56 bits per heavy atom. The van der Waals surface area contributed by atoms with Gasteiger partial charge in [-0.25, -0.2) is 0 Å². The third-order valence-corrected chi connectivity index (χ3v) is 1.28. The van der Waals surface area contributed by atoms with Crippen LogP contribution in [-0.4, -0.2) is 7.85 Å². The van der Waals surface area contributed by atoms with E-state index in [0.29, 0.717) is 16.2 Å². The largest absolute Gasteiger partial charge is 0.399 e. The van der Waals surface area contributed by atoms with Gasteiger partial charge in [0, 0.05) is 10.7 Å². The van der Waals surface area contributed by atoms with Crippen molar-refractivity contribution in [2.45, 2.75) is 0 Å². The van der Waals surface area contributed by atoms with Crippen LogP contribution in [0, 0.1) is 0 Å². The first-order valence-corrected chi connectivity index (χ1v) is 2.88. The maximum atomic E-state index is 5.58. The molecule has 9 heavy (non-hydrogen) atoms. The summed E-state index contributed by atoms with van der Waals surface area (Å²) in [5.74, 6) is 0. The number of halogens is 1. The Kier molecular flexibility index (Phi) is 1.67. The Balaban J connectivity index is 3.17. The van der Waals surface area contributed by atoms with E-state index in [0.717, 1.165) is 0 Å². The minimum atomic E-state index is 0.530. The fourth-order valence-corrected chi connectivity index (χ4v) is 0.726. The highest BCUT2D eigenvalue weighted by Crippen LogP contribution is 2.06. The standard InChI is InChI=1S/C6H5BClN/c7-5-3-4(8)1-2-6(5)9/h1-3H,9H2. The van der Waals surface area contributed by atoms with Crippen molar-refractivity contribution in [2.24, 2.45) is 0 Å². The van der Waals surface area contributed by atoms with Gasteiger partial charge in [-0.3, -0.25) is 0 Å². The highest BCUT2D eigenvalue weighted by Gasteiger charge is 1.90. The summed E-state index contributed by atoms with van der Waals surface area (Å²) in [5, 5.41) is 0.613. The molecule has 2 N–H and O–H groups in total. The fraction of sp³-hybridized carbons (Fsp3) is 0. The van der Waals surface area contributed by atoms with Crippen LogP contribution in [0.15, 0.2) is 18.2 Å². The van der Waals surface area contributed by atoms with Gasteiger partial charge in [0.1, 0.15) is 7.85 Å². The average molecular weight is 137 g/mol. The lowest BCUT2D eigenvalue weighted by Gasteiger charge is -1.97. The van der Waals surface area contributed by atoms with Crippen LogP contribution < -0.4 is 11.2 Å². The van der Waals surface area contributed by atoms with E-state index in [1.54, 1.807) is 18.2 Å². The summed E-state index contributed by atoms with van der Waals surface area (Å²) in [4.78, 5) is 0. The highest BCUT2D eigenvalue weighted by atomic mass is 35.5. The van der Waals surface area contributed by atoms with E-state index in [-0.39, 0.29) is 0 Å². The topological polar surface area (TPSA) is 26.0 Å². The first-order valence-electron chi connectivity index (χ1n) is 2.50. The van der Waals surface area contributed by atoms with E-state index in [1.807, 2.05) is 0 Å². The van der Waals surface area contributed by atoms with Crippen molar-refractivity contribution in [3.05, 3.63) is 23.2 Å². The van der Waals surface area contributed by atoms with Crippen LogP contribution in [0.2, 0.25) is 5.02 Å². The molecule has 0 atom stereocenters. The van der Waals surface area contributed by atoms with Crippen LogP contribution in [0.1, 0.15) is 0 Å². The Morgan fingerprint density at radius 1 is 1.44 bits per heavy atom. The van der Waals surface area contributed by atoms with Crippen LogP contribution in [0.4, 0.5) is 5.69 Å². The van der Waals surface area contributed by atoms with Crippen LogP contribution in [0.5, 0.6) is 0 Å². The summed E-state index contributed by atoms with van der Waals surface area (Å²) in [6, 6.07) is 5.00. The van der Waals surface area contributed by atoms with Crippen LogP contribution in [-0.2, 0) is 0 Å². The highest BCUT2D eigenvalue weighted by molar-refractivity contribution is 6.38. The van der Waals surface area contributed by atoms with Crippen molar-refractivity contribution in [3.8, 4) is 0 Å². The smallest absolute Gasteiger partial charge is 0.116 e. The van der Waals surface area contributed by atoms with Crippen molar-refractivity contribution in [2.75, 3.05) is 5.73 Å². The number of hydrogen-bond donors (Lipinski definition) is 1.